The number of hydrogen-bond donors (Lipinski definition) is 2. The molecule has 5 nitrogen and oxygen atoms in total. The molecule has 3 rings (SSSR count). The Morgan fingerprint density at radius 3 is 2.34 bits per heavy atom. The van der Waals surface area contributed by atoms with Crippen LogP contribution in [0.5, 0.6) is 0 Å². The van der Waals surface area contributed by atoms with Crippen molar-refractivity contribution in [2.75, 3.05) is 5.32 Å². The zero-order valence-electron chi connectivity index (χ0n) is 16.2. The van der Waals surface area contributed by atoms with Crippen molar-refractivity contribution in [2.24, 2.45) is 5.73 Å². The average Bonchev–Trinajstić information content (AvgIpc) is 2.74. The second-order valence-electron chi connectivity index (χ2n) is 6.61. The first kappa shape index (κ1) is 20.6. The number of rotatable bonds is 8. The number of nitrogens with two attached hydrogens (primary N) is 1. The number of primary amides is 1. The SMILES string of the molecule is CCCc1ccc(NC(=O)c2cccnc2SCc2ccc(C(N)=O)cc2)cc1. The number of carbonyl (C=O) groups is 2. The van der Waals surface area contributed by atoms with Crippen molar-refractivity contribution in [3.8, 4) is 0 Å². The van der Waals surface area contributed by atoms with Crippen LogP contribution in [0.2, 0.25) is 0 Å². The Kier molecular flexibility index (Phi) is 7.03. The summed E-state index contributed by atoms with van der Waals surface area (Å²) in [5, 5.41) is 3.60. The Morgan fingerprint density at radius 1 is 1.00 bits per heavy atom. The number of benzene rings is 2. The Balaban J connectivity index is 1.67. The Hall–Kier alpha value is -3.12. The summed E-state index contributed by atoms with van der Waals surface area (Å²) in [6, 6.07) is 18.6. The third-order valence-corrected chi connectivity index (χ3v) is 5.46. The number of amides is 2. The van der Waals surface area contributed by atoms with E-state index in [1.165, 1.54) is 17.3 Å². The lowest BCUT2D eigenvalue weighted by Crippen LogP contribution is -2.13. The summed E-state index contributed by atoms with van der Waals surface area (Å²) in [6.45, 7) is 2.14. The molecule has 1 aromatic heterocycles. The van der Waals surface area contributed by atoms with Gasteiger partial charge < -0.3 is 11.1 Å². The number of anilines is 1. The van der Waals surface area contributed by atoms with Crippen molar-refractivity contribution >= 4 is 29.3 Å². The van der Waals surface area contributed by atoms with Gasteiger partial charge in [-0.3, -0.25) is 9.59 Å². The second kappa shape index (κ2) is 9.89. The predicted octanol–water partition coefficient (Wildman–Crippen LogP) is 4.68. The normalized spacial score (nSPS) is 10.5. The van der Waals surface area contributed by atoms with Gasteiger partial charge in [-0.1, -0.05) is 37.6 Å². The van der Waals surface area contributed by atoms with Crippen LogP contribution in [0.25, 0.3) is 0 Å². The van der Waals surface area contributed by atoms with Gasteiger partial charge in [-0.2, -0.15) is 0 Å². The number of aryl methyl sites for hydroxylation is 1. The smallest absolute Gasteiger partial charge is 0.258 e. The fourth-order valence-electron chi connectivity index (χ4n) is 2.84. The molecule has 0 aliphatic heterocycles. The molecule has 0 spiro atoms. The van der Waals surface area contributed by atoms with Gasteiger partial charge in [0.15, 0.2) is 0 Å². The zero-order valence-corrected chi connectivity index (χ0v) is 17.0. The van der Waals surface area contributed by atoms with Crippen LogP contribution >= 0.6 is 11.8 Å². The summed E-state index contributed by atoms with van der Waals surface area (Å²) in [5.74, 6) is -0.00859. The number of nitrogens with zero attached hydrogens (tertiary/aromatic N) is 1. The average molecular weight is 406 g/mol. The summed E-state index contributed by atoms with van der Waals surface area (Å²) in [5.41, 5.74) is 9.31. The summed E-state index contributed by atoms with van der Waals surface area (Å²) in [7, 11) is 0. The van der Waals surface area contributed by atoms with Crippen LogP contribution in [0.3, 0.4) is 0 Å². The standard InChI is InChI=1S/C23H23N3O2S/c1-2-4-16-8-12-19(13-9-16)26-22(28)20-5-3-14-25-23(20)29-15-17-6-10-18(11-7-17)21(24)27/h3,5-14H,2,4,15H2,1H3,(H2,24,27)(H,26,28). The molecule has 0 saturated carbocycles. The van der Waals surface area contributed by atoms with E-state index in [1.54, 1.807) is 30.5 Å². The monoisotopic (exact) mass is 405 g/mol. The third kappa shape index (κ3) is 5.68. The van der Waals surface area contributed by atoms with Crippen molar-refractivity contribution < 1.29 is 9.59 Å². The van der Waals surface area contributed by atoms with Crippen LogP contribution in [-0.4, -0.2) is 16.8 Å². The first-order valence-corrected chi connectivity index (χ1v) is 10.4. The molecule has 0 atom stereocenters. The minimum Gasteiger partial charge on any atom is -0.366 e. The molecule has 0 aliphatic carbocycles. The highest BCUT2D eigenvalue weighted by Gasteiger charge is 2.13. The highest BCUT2D eigenvalue weighted by molar-refractivity contribution is 7.98. The molecule has 29 heavy (non-hydrogen) atoms. The number of thioether (sulfide) groups is 1. The maximum absolute atomic E-state index is 12.8. The van der Waals surface area contributed by atoms with Gasteiger partial charge >= 0.3 is 0 Å². The van der Waals surface area contributed by atoms with E-state index < -0.39 is 5.91 Å². The highest BCUT2D eigenvalue weighted by Crippen LogP contribution is 2.25. The van der Waals surface area contributed by atoms with E-state index in [1.807, 2.05) is 36.4 Å². The van der Waals surface area contributed by atoms with E-state index in [2.05, 4.69) is 17.2 Å². The van der Waals surface area contributed by atoms with Gasteiger partial charge in [-0.05, 0) is 53.9 Å². The minimum absolute atomic E-state index is 0.187. The van der Waals surface area contributed by atoms with Crippen molar-refractivity contribution in [1.29, 1.82) is 0 Å². The van der Waals surface area contributed by atoms with Crippen molar-refractivity contribution in [3.63, 3.8) is 0 Å². The lowest BCUT2D eigenvalue weighted by molar-refractivity contribution is 0.0997. The molecule has 3 N–H and O–H groups in total. The maximum Gasteiger partial charge on any atom is 0.258 e. The highest BCUT2D eigenvalue weighted by atomic mass is 32.2. The van der Waals surface area contributed by atoms with E-state index in [0.29, 0.717) is 21.9 Å². The first-order chi connectivity index (χ1) is 14.1. The summed E-state index contributed by atoms with van der Waals surface area (Å²) < 4.78 is 0. The summed E-state index contributed by atoms with van der Waals surface area (Å²) in [4.78, 5) is 28.3. The fourth-order valence-corrected chi connectivity index (χ4v) is 3.78. The Bertz CT molecular complexity index is 986. The molecule has 0 radical (unpaired) electrons. The Morgan fingerprint density at radius 2 is 1.69 bits per heavy atom. The number of aromatic nitrogens is 1. The molecule has 2 amide bonds. The third-order valence-electron chi connectivity index (χ3n) is 4.38. The van der Waals surface area contributed by atoms with Gasteiger partial charge in [0.1, 0.15) is 5.03 Å². The van der Waals surface area contributed by atoms with Crippen LogP contribution in [-0.2, 0) is 12.2 Å². The molecule has 6 heteroatoms. The van der Waals surface area contributed by atoms with Gasteiger partial charge in [0.2, 0.25) is 5.91 Å². The molecule has 148 valence electrons. The number of nitrogens with one attached hydrogen (secondary N) is 1. The van der Waals surface area contributed by atoms with Crippen molar-refractivity contribution in [1.82, 2.24) is 4.98 Å². The fraction of sp³-hybridized carbons (Fsp3) is 0.174. The maximum atomic E-state index is 12.8. The lowest BCUT2D eigenvalue weighted by Gasteiger charge is -2.10. The van der Waals surface area contributed by atoms with E-state index in [9.17, 15) is 9.59 Å². The number of hydrogen-bond acceptors (Lipinski definition) is 4. The van der Waals surface area contributed by atoms with Gasteiger partial charge in [0.25, 0.3) is 5.91 Å². The molecule has 0 bridgehead atoms. The molecule has 0 aliphatic rings. The van der Waals surface area contributed by atoms with E-state index in [-0.39, 0.29) is 5.91 Å². The summed E-state index contributed by atoms with van der Waals surface area (Å²) >= 11 is 1.47. The van der Waals surface area contributed by atoms with Crippen molar-refractivity contribution in [2.45, 2.75) is 30.5 Å². The molecule has 1 heterocycles. The van der Waals surface area contributed by atoms with Crippen molar-refractivity contribution in [3.05, 3.63) is 89.1 Å². The van der Waals surface area contributed by atoms with Crippen LogP contribution < -0.4 is 11.1 Å². The molecule has 2 aromatic carbocycles. The molecular weight excluding hydrogens is 382 g/mol. The van der Waals surface area contributed by atoms with Crippen LogP contribution in [0.4, 0.5) is 5.69 Å². The van der Waals surface area contributed by atoms with Gasteiger partial charge in [-0.15, -0.1) is 11.8 Å². The molecule has 3 aromatic rings. The minimum atomic E-state index is -0.449. The first-order valence-electron chi connectivity index (χ1n) is 9.43. The zero-order chi connectivity index (χ0) is 20.6. The predicted molar refractivity (Wildman–Crippen MR) is 117 cm³/mol. The number of pyridine rings is 1. The topological polar surface area (TPSA) is 85.1 Å². The Labute approximate surface area is 174 Å². The largest absolute Gasteiger partial charge is 0.366 e. The second-order valence-corrected chi connectivity index (χ2v) is 7.57. The van der Waals surface area contributed by atoms with E-state index in [0.717, 1.165) is 24.1 Å². The lowest BCUT2D eigenvalue weighted by atomic mass is 10.1. The van der Waals surface area contributed by atoms with E-state index in [4.69, 9.17) is 5.73 Å². The van der Waals surface area contributed by atoms with Gasteiger partial charge in [0, 0.05) is 23.2 Å². The van der Waals surface area contributed by atoms with Crippen LogP contribution in [0.1, 0.15) is 45.2 Å². The summed E-state index contributed by atoms with van der Waals surface area (Å²) in [6.07, 6.45) is 3.79. The van der Waals surface area contributed by atoms with Crippen LogP contribution in [0.15, 0.2) is 71.9 Å². The van der Waals surface area contributed by atoms with Gasteiger partial charge in [-0.25, -0.2) is 4.98 Å². The molecular formula is C23H23N3O2S. The molecule has 0 fully saturated rings. The molecule has 0 unspecified atom stereocenters. The number of carbonyl (C=O) groups excluding carboxylic acids is 2. The van der Waals surface area contributed by atoms with Gasteiger partial charge in [0.05, 0.1) is 5.56 Å². The quantitative estimate of drug-likeness (QED) is 0.533. The van der Waals surface area contributed by atoms with E-state index >= 15 is 0 Å². The van der Waals surface area contributed by atoms with Crippen LogP contribution in [0, 0.1) is 0 Å². The molecule has 0 saturated heterocycles.